The minimum atomic E-state index is -0.0903. The van der Waals surface area contributed by atoms with Crippen LogP contribution in [-0.2, 0) is 22.5 Å². The first kappa shape index (κ1) is 18.7. The van der Waals surface area contributed by atoms with Gasteiger partial charge in [-0.3, -0.25) is 9.59 Å². The van der Waals surface area contributed by atoms with Gasteiger partial charge in [0.1, 0.15) is 11.5 Å². The number of amides is 1. The Balaban J connectivity index is 2.18. The van der Waals surface area contributed by atoms with E-state index in [1.807, 2.05) is 6.07 Å². The van der Waals surface area contributed by atoms with E-state index in [0.717, 1.165) is 0 Å². The lowest BCUT2D eigenvalue weighted by atomic mass is 10.0. The number of methoxy groups -OCH3 is 2. The van der Waals surface area contributed by atoms with E-state index in [9.17, 15) is 9.59 Å². The van der Waals surface area contributed by atoms with E-state index < -0.39 is 0 Å². The Bertz CT molecular complexity index is 709. The van der Waals surface area contributed by atoms with Crippen LogP contribution in [0.4, 0.5) is 0 Å². The molecule has 0 fully saturated rings. The highest BCUT2D eigenvalue weighted by Gasteiger charge is 2.18. The first-order chi connectivity index (χ1) is 12.0. The second-order valence-electron chi connectivity index (χ2n) is 5.65. The summed E-state index contributed by atoms with van der Waals surface area (Å²) in [6, 6.07) is 8.73. The number of benzene rings is 1. The molecule has 0 N–H and O–H groups in total. The van der Waals surface area contributed by atoms with Gasteiger partial charge >= 0.3 is 0 Å². The smallest absolute Gasteiger partial charge is 0.227 e. The van der Waals surface area contributed by atoms with Gasteiger partial charge in [0.25, 0.3) is 0 Å². The molecule has 0 radical (unpaired) electrons. The fraction of sp³-hybridized carbons (Fsp3) is 0.368. The number of nitrogens with zero attached hydrogens (tertiary/aromatic N) is 1. The van der Waals surface area contributed by atoms with Crippen LogP contribution in [0.1, 0.15) is 28.6 Å². The Labute approximate surface area is 147 Å². The van der Waals surface area contributed by atoms with Crippen LogP contribution in [0.15, 0.2) is 41.0 Å². The molecule has 0 atom stereocenters. The Hall–Kier alpha value is -2.60. The number of ketones is 1. The molecular formula is C19H23NO5. The predicted molar refractivity (Wildman–Crippen MR) is 92.7 cm³/mol. The maximum atomic E-state index is 12.8. The van der Waals surface area contributed by atoms with Crippen LogP contribution in [0.2, 0.25) is 0 Å². The predicted octanol–water partition coefficient (Wildman–Crippen LogP) is 2.71. The van der Waals surface area contributed by atoms with E-state index in [1.54, 1.807) is 49.6 Å². The molecule has 2 aromatic rings. The maximum absolute atomic E-state index is 12.8. The third-order valence-corrected chi connectivity index (χ3v) is 3.87. The van der Waals surface area contributed by atoms with E-state index in [4.69, 9.17) is 13.9 Å². The van der Waals surface area contributed by atoms with Crippen LogP contribution in [0.5, 0.6) is 5.75 Å². The molecule has 0 aliphatic rings. The van der Waals surface area contributed by atoms with Crippen molar-refractivity contribution in [2.45, 2.75) is 19.9 Å². The fourth-order valence-corrected chi connectivity index (χ4v) is 2.49. The zero-order valence-corrected chi connectivity index (χ0v) is 14.8. The average molecular weight is 345 g/mol. The van der Waals surface area contributed by atoms with Gasteiger partial charge in [0.2, 0.25) is 5.91 Å². The quantitative estimate of drug-likeness (QED) is 0.654. The van der Waals surface area contributed by atoms with Crippen molar-refractivity contribution in [2.24, 2.45) is 0 Å². The molecule has 6 heteroatoms. The average Bonchev–Trinajstić information content (AvgIpc) is 3.11. The molecule has 0 aliphatic carbocycles. The summed E-state index contributed by atoms with van der Waals surface area (Å²) in [5.41, 5.74) is 1.24. The lowest BCUT2D eigenvalue weighted by molar-refractivity contribution is -0.132. The van der Waals surface area contributed by atoms with Gasteiger partial charge in [-0.1, -0.05) is 0 Å². The molecule has 1 amide bonds. The summed E-state index contributed by atoms with van der Waals surface area (Å²) in [5.74, 6) is 1.15. The lowest BCUT2D eigenvalue weighted by Crippen LogP contribution is -2.34. The van der Waals surface area contributed by atoms with E-state index >= 15 is 0 Å². The summed E-state index contributed by atoms with van der Waals surface area (Å²) < 4.78 is 15.8. The van der Waals surface area contributed by atoms with Gasteiger partial charge in [-0.2, -0.15) is 0 Å². The second-order valence-corrected chi connectivity index (χ2v) is 5.65. The molecular weight excluding hydrogens is 322 g/mol. The van der Waals surface area contributed by atoms with Crippen molar-refractivity contribution in [2.75, 3.05) is 27.4 Å². The molecule has 1 aromatic heterocycles. The summed E-state index contributed by atoms with van der Waals surface area (Å²) in [4.78, 5) is 26.1. The summed E-state index contributed by atoms with van der Waals surface area (Å²) in [7, 11) is 3.14. The highest BCUT2D eigenvalue weighted by atomic mass is 16.5. The zero-order valence-electron chi connectivity index (χ0n) is 14.8. The Morgan fingerprint density at radius 2 is 2.00 bits per heavy atom. The third kappa shape index (κ3) is 5.19. The first-order valence-corrected chi connectivity index (χ1v) is 8.02. The molecule has 134 valence electrons. The van der Waals surface area contributed by atoms with Gasteiger partial charge in [0.05, 0.1) is 32.9 Å². The topological polar surface area (TPSA) is 69.0 Å². The normalized spacial score (nSPS) is 10.5. The van der Waals surface area contributed by atoms with Gasteiger partial charge in [-0.05, 0) is 37.3 Å². The molecule has 25 heavy (non-hydrogen) atoms. The second kappa shape index (κ2) is 9.03. The van der Waals surface area contributed by atoms with Gasteiger partial charge in [0, 0.05) is 24.8 Å². The molecule has 0 saturated heterocycles. The Morgan fingerprint density at radius 3 is 2.60 bits per heavy atom. The van der Waals surface area contributed by atoms with Crippen molar-refractivity contribution in [1.82, 2.24) is 4.90 Å². The third-order valence-electron chi connectivity index (χ3n) is 3.87. The van der Waals surface area contributed by atoms with Crippen molar-refractivity contribution in [1.29, 1.82) is 0 Å². The summed E-state index contributed by atoms with van der Waals surface area (Å²) in [6.07, 6.45) is 1.71. The van der Waals surface area contributed by atoms with Crippen LogP contribution in [0.3, 0.4) is 0 Å². The van der Waals surface area contributed by atoms with Crippen LogP contribution < -0.4 is 4.74 Å². The monoisotopic (exact) mass is 345 g/mol. The van der Waals surface area contributed by atoms with E-state index in [1.165, 1.54) is 6.92 Å². The Morgan fingerprint density at radius 1 is 1.20 bits per heavy atom. The molecule has 0 aliphatic heterocycles. The van der Waals surface area contributed by atoms with Crippen molar-refractivity contribution < 1.29 is 23.5 Å². The number of carbonyl (C=O) groups excluding carboxylic acids is 2. The summed E-state index contributed by atoms with van der Waals surface area (Å²) in [6.45, 7) is 2.74. The summed E-state index contributed by atoms with van der Waals surface area (Å²) >= 11 is 0. The first-order valence-electron chi connectivity index (χ1n) is 8.02. The maximum Gasteiger partial charge on any atom is 0.227 e. The van der Waals surface area contributed by atoms with E-state index in [0.29, 0.717) is 42.3 Å². The van der Waals surface area contributed by atoms with Crippen LogP contribution >= 0.6 is 0 Å². The summed E-state index contributed by atoms with van der Waals surface area (Å²) in [5, 5.41) is 0. The number of rotatable bonds is 9. The number of carbonyl (C=O) groups is 2. The molecule has 6 nitrogen and oxygen atoms in total. The largest absolute Gasteiger partial charge is 0.496 e. The van der Waals surface area contributed by atoms with Crippen LogP contribution in [0.25, 0.3) is 0 Å². The van der Waals surface area contributed by atoms with Crippen LogP contribution in [-0.4, -0.2) is 44.0 Å². The zero-order chi connectivity index (χ0) is 18.2. The van der Waals surface area contributed by atoms with E-state index in [2.05, 4.69) is 0 Å². The van der Waals surface area contributed by atoms with Crippen molar-refractivity contribution >= 4 is 11.7 Å². The van der Waals surface area contributed by atoms with Crippen LogP contribution in [0, 0.1) is 0 Å². The molecule has 0 spiro atoms. The lowest BCUT2D eigenvalue weighted by Gasteiger charge is -2.22. The molecule has 0 saturated carbocycles. The number of hydrogen-bond donors (Lipinski definition) is 0. The highest BCUT2D eigenvalue weighted by Crippen LogP contribution is 2.22. The fourth-order valence-electron chi connectivity index (χ4n) is 2.49. The Kier molecular flexibility index (Phi) is 6.77. The molecule has 1 heterocycles. The van der Waals surface area contributed by atoms with Crippen molar-refractivity contribution in [3.63, 3.8) is 0 Å². The molecule has 0 bridgehead atoms. The SMILES string of the molecule is COCCN(Cc1ccco1)C(=O)Cc1cc(C(C)=O)ccc1OC. The van der Waals surface area contributed by atoms with Gasteiger partial charge in [-0.15, -0.1) is 0 Å². The van der Waals surface area contributed by atoms with Gasteiger partial charge < -0.3 is 18.8 Å². The minimum absolute atomic E-state index is 0.0526. The highest BCUT2D eigenvalue weighted by molar-refractivity contribution is 5.94. The van der Waals surface area contributed by atoms with Crippen molar-refractivity contribution in [3.8, 4) is 5.75 Å². The number of ether oxygens (including phenoxy) is 2. The minimum Gasteiger partial charge on any atom is -0.496 e. The van der Waals surface area contributed by atoms with E-state index in [-0.39, 0.29) is 18.1 Å². The number of Topliss-reactive ketones (excluding diaryl/α,β-unsaturated/α-hetero) is 1. The van der Waals surface area contributed by atoms with Gasteiger partial charge in [-0.25, -0.2) is 0 Å². The number of furan rings is 1. The molecule has 2 rings (SSSR count). The standard InChI is InChI=1S/C19H23NO5/c1-14(21)15-6-7-18(24-3)16(11-15)12-19(22)20(8-10-23-2)13-17-5-4-9-25-17/h4-7,9,11H,8,10,12-13H2,1-3H3. The number of hydrogen-bond acceptors (Lipinski definition) is 5. The molecule has 0 unspecified atom stereocenters. The molecule has 1 aromatic carbocycles. The van der Waals surface area contributed by atoms with Crippen molar-refractivity contribution in [3.05, 3.63) is 53.5 Å². The van der Waals surface area contributed by atoms with Gasteiger partial charge in [0.15, 0.2) is 5.78 Å².